The minimum absolute atomic E-state index is 0.725. The molecular formula is C16H20N2O. The molecule has 0 atom stereocenters. The predicted molar refractivity (Wildman–Crippen MR) is 78.2 cm³/mol. The number of ether oxygens (including phenoxy) is 1. The third-order valence-corrected chi connectivity index (χ3v) is 2.88. The number of rotatable bonds is 6. The van der Waals surface area contributed by atoms with E-state index >= 15 is 0 Å². The first-order chi connectivity index (χ1) is 9.35. The Labute approximate surface area is 114 Å². The van der Waals surface area contributed by atoms with Crippen LogP contribution in [0.25, 0.3) is 11.1 Å². The van der Waals surface area contributed by atoms with Crippen LogP contribution in [-0.2, 0) is 6.54 Å². The molecule has 3 heteroatoms. The van der Waals surface area contributed by atoms with Gasteiger partial charge in [0.1, 0.15) is 5.75 Å². The fourth-order valence-electron chi connectivity index (χ4n) is 2.01. The quantitative estimate of drug-likeness (QED) is 0.861. The third kappa shape index (κ3) is 3.55. The van der Waals surface area contributed by atoms with Gasteiger partial charge in [0.2, 0.25) is 0 Å². The fourth-order valence-corrected chi connectivity index (χ4v) is 2.01. The Balaban J connectivity index is 2.30. The zero-order chi connectivity index (χ0) is 13.5. The van der Waals surface area contributed by atoms with Crippen LogP contribution in [0.5, 0.6) is 5.75 Å². The molecule has 0 amide bonds. The van der Waals surface area contributed by atoms with Gasteiger partial charge in [-0.05, 0) is 30.7 Å². The molecule has 0 aliphatic rings. The van der Waals surface area contributed by atoms with E-state index in [0.717, 1.165) is 30.9 Å². The molecule has 0 spiro atoms. The first-order valence-electron chi connectivity index (χ1n) is 6.66. The van der Waals surface area contributed by atoms with Gasteiger partial charge in [-0.1, -0.05) is 31.2 Å². The molecule has 0 radical (unpaired) electrons. The Hall–Kier alpha value is -1.87. The number of pyridine rings is 1. The van der Waals surface area contributed by atoms with Gasteiger partial charge < -0.3 is 10.1 Å². The van der Waals surface area contributed by atoms with Crippen molar-refractivity contribution in [3.63, 3.8) is 0 Å². The summed E-state index contributed by atoms with van der Waals surface area (Å²) < 4.78 is 5.64. The van der Waals surface area contributed by atoms with Crippen LogP contribution in [0.1, 0.15) is 18.9 Å². The fraction of sp³-hybridized carbons (Fsp3) is 0.312. The molecule has 3 nitrogen and oxygen atoms in total. The van der Waals surface area contributed by atoms with Crippen molar-refractivity contribution in [2.24, 2.45) is 0 Å². The number of hydrogen-bond donors (Lipinski definition) is 1. The van der Waals surface area contributed by atoms with Crippen LogP contribution in [0.3, 0.4) is 0 Å². The van der Waals surface area contributed by atoms with Gasteiger partial charge in [-0.3, -0.25) is 4.98 Å². The number of hydrogen-bond acceptors (Lipinski definition) is 3. The summed E-state index contributed by atoms with van der Waals surface area (Å²) in [5.41, 5.74) is 3.56. The maximum absolute atomic E-state index is 5.64. The highest BCUT2D eigenvalue weighted by Gasteiger charge is 2.05. The SMILES string of the molecule is CCCOc1cncc(-c2ccccc2CNC)c1. The summed E-state index contributed by atoms with van der Waals surface area (Å²) in [6.45, 7) is 3.67. The molecule has 0 aliphatic heterocycles. The molecular weight excluding hydrogens is 236 g/mol. The van der Waals surface area contributed by atoms with Gasteiger partial charge in [0, 0.05) is 18.3 Å². The number of nitrogens with one attached hydrogen (secondary N) is 1. The summed E-state index contributed by atoms with van der Waals surface area (Å²) in [7, 11) is 1.95. The number of benzene rings is 1. The van der Waals surface area contributed by atoms with E-state index in [4.69, 9.17) is 4.74 Å². The van der Waals surface area contributed by atoms with Crippen LogP contribution in [0.15, 0.2) is 42.7 Å². The van der Waals surface area contributed by atoms with Crippen LogP contribution in [0.2, 0.25) is 0 Å². The predicted octanol–water partition coefficient (Wildman–Crippen LogP) is 3.26. The average Bonchev–Trinajstić information content (AvgIpc) is 2.46. The third-order valence-electron chi connectivity index (χ3n) is 2.88. The first kappa shape index (κ1) is 13.6. The summed E-state index contributed by atoms with van der Waals surface area (Å²) in [5.74, 6) is 0.832. The zero-order valence-electron chi connectivity index (χ0n) is 11.5. The van der Waals surface area contributed by atoms with Crippen molar-refractivity contribution >= 4 is 0 Å². The Morgan fingerprint density at radius 1 is 1.21 bits per heavy atom. The Kier molecular flexibility index (Phi) is 4.93. The lowest BCUT2D eigenvalue weighted by atomic mass is 10.0. The largest absolute Gasteiger partial charge is 0.492 e. The molecule has 2 rings (SSSR count). The summed E-state index contributed by atoms with van der Waals surface area (Å²) in [4.78, 5) is 4.27. The highest BCUT2D eigenvalue weighted by atomic mass is 16.5. The van der Waals surface area contributed by atoms with Crippen molar-refractivity contribution in [2.75, 3.05) is 13.7 Å². The van der Waals surface area contributed by atoms with Crippen molar-refractivity contribution < 1.29 is 4.74 Å². The lowest BCUT2D eigenvalue weighted by molar-refractivity contribution is 0.316. The summed E-state index contributed by atoms with van der Waals surface area (Å²) in [5, 5.41) is 3.19. The summed E-state index contributed by atoms with van der Waals surface area (Å²) in [6.07, 6.45) is 4.65. The van der Waals surface area contributed by atoms with E-state index in [0.29, 0.717) is 0 Å². The summed E-state index contributed by atoms with van der Waals surface area (Å²) >= 11 is 0. The second kappa shape index (κ2) is 6.90. The van der Waals surface area contributed by atoms with Crippen LogP contribution in [0, 0.1) is 0 Å². The number of aromatic nitrogens is 1. The van der Waals surface area contributed by atoms with E-state index in [-0.39, 0.29) is 0 Å². The molecule has 0 saturated heterocycles. The monoisotopic (exact) mass is 256 g/mol. The molecule has 1 N–H and O–H groups in total. The van der Waals surface area contributed by atoms with Crippen molar-refractivity contribution in [3.8, 4) is 16.9 Å². The smallest absolute Gasteiger partial charge is 0.138 e. The Morgan fingerprint density at radius 3 is 2.84 bits per heavy atom. The maximum Gasteiger partial charge on any atom is 0.138 e. The second-order valence-corrected chi connectivity index (χ2v) is 4.45. The molecule has 1 heterocycles. The van der Waals surface area contributed by atoms with Crippen LogP contribution in [0.4, 0.5) is 0 Å². The average molecular weight is 256 g/mol. The van der Waals surface area contributed by atoms with Gasteiger partial charge in [-0.15, -0.1) is 0 Å². The van der Waals surface area contributed by atoms with E-state index in [2.05, 4.69) is 41.5 Å². The summed E-state index contributed by atoms with van der Waals surface area (Å²) in [6, 6.07) is 10.4. The van der Waals surface area contributed by atoms with Gasteiger partial charge in [-0.2, -0.15) is 0 Å². The van der Waals surface area contributed by atoms with E-state index in [1.165, 1.54) is 11.1 Å². The van der Waals surface area contributed by atoms with E-state index in [9.17, 15) is 0 Å². The van der Waals surface area contributed by atoms with Gasteiger partial charge in [-0.25, -0.2) is 0 Å². The van der Waals surface area contributed by atoms with E-state index in [1.807, 2.05) is 19.3 Å². The van der Waals surface area contributed by atoms with Crippen LogP contribution >= 0.6 is 0 Å². The lowest BCUT2D eigenvalue weighted by Crippen LogP contribution is -2.06. The molecule has 0 fully saturated rings. The molecule has 0 aliphatic carbocycles. The van der Waals surface area contributed by atoms with E-state index < -0.39 is 0 Å². The van der Waals surface area contributed by atoms with Gasteiger partial charge in [0.15, 0.2) is 0 Å². The Bertz CT molecular complexity index is 526. The van der Waals surface area contributed by atoms with Crippen LogP contribution in [-0.4, -0.2) is 18.6 Å². The minimum Gasteiger partial charge on any atom is -0.492 e. The van der Waals surface area contributed by atoms with Crippen LogP contribution < -0.4 is 10.1 Å². The highest BCUT2D eigenvalue weighted by Crippen LogP contribution is 2.26. The molecule has 19 heavy (non-hydrogen) atoms. The molecule has 2 aromatic rings. The van der Waals surface area contributed by atoms with Crippen molar-refractivity contribution in [2.45, 2.75) is 19.9 Å². The van der Waals surface area contributed by atoms with Gasteiger partial charge in [0.05, 0.1) is 12.8 Å². The van der Waals surface area contributed by atoms with E-state index in [1.54, 1.807) is 6.20 Å². The van der Waals surface area contributed by atoms with Gasteiger partial charge in [0.25, 0.3) is 0 Å². The normalized spacial score (nSPS) is 10.4. The molecule has 0 unspecified atom stereocenters. The topological polar surface area (TPSA) is 34.1 Å². The zero-order valence-corrected chi connectivity index (χ0v) is 11.5. The first-order valence-corrected chi connectivity index (χ1v) is 6.66. The molecule has 100 valence electrons. The molecule has 0 bridgehead atoms. The van der Waals surface area contributed by atoms with Crippen molar-refractivity contribution in [1.82, 2.24) is 10.3 Å². The van der Waals surface area contributed by atoms with Gasteiger partial charge >= 0.3 is 0 Å². The molecule has 0 saturated carbocycles. The number of nitrogens with zero attached hydrogens (tertiary/aromatic N) is 1. The van der Waals surface area contributed by atoms with Crippen molar-refractivity contribution in [1.29, 1.82) is 0 Å². The standard InChI is InChI=1S/C16H20N2O/c1-3-8-19-15-9-14(11-18-12-15)16-7-5-4-6-13(16)10-17-2/h4-7,9,11-12,17H,3,8,10H2,1-2H3. The maximum atomic E-state index is 5.64. The lowest BCUT2D eigenvalue weighted by Gasteiger charge is -2.10. The second-order valence-electron chi connectivity index (χ2n) is 4.45. The van der Waals surface area contributed by atoms with Crippen molar-refractivity contribution in [3.05, 3.63) is 48.3 Å². The Morgan fingerprint density at radius 2 is 2.05 bits per heavy atom. The molecule has 1 aromatic carbocycles. The minimum atomic E-state index is 0.725. The highest BCUT2D eigenvalue weighted by molar-refractivity contribution is 5.67. The molecule has 1 aromatic heterocycles.